The van der Waals surface area contributed by atoms with Crippen molar-refractivity contribution in [3.05, 3.63) is 65.5 Å². The van der Waals surface area contributed by atoms with Crippen LogP contribution in [0.4, 0.5) is 0 Å². The van der Waals surface area contributed by atoms with Crippen molar-refractivity contribution < 1.29 is 4.74 Å². The van der Waals surface area contributed by atoms with Gasteiger partial charge in [0.05, 0.1) is 20.2 Å². The number of aromatic nitrogens is 3. The van der Waals surface area contributed by atoms with Crippen LogP contribution in [0.3, 0.4) is 0 Å². The van der Waals surface area contributed by atoms with Gasteiger partial charge >= 0.3 is 0 Å². The van der Waals surface area contributed by atoms with E-state index < -0.39 is 0 Å². The van der Waals surface area contributed by atoms with E-state index in [-0.39, 0.29) is 0 Å². The number of ether oxygens (including phenoxy) is 1. The lowest BCUT2D eigenvalue weighted by Crippen LogP contribution is -2.37. The van der Waals surface area contributed by atoms with Crippen LogP contribution >= 0.6 is 0 Å². The molecule has 0 saturated heterocycles. The number of methoxy groups -OCH3 is 1. The maximum Gasteiger partial charge on any atom is 0.191 e. The van der Waals surface area contributed by atoms with Crippen LogP contribution in [-0.2, 0) is 19.5 Å². The summed E-state index contributed by atoms with van der Waals surface area (Å²) >= 11 is 0. The molecule has 1 heterocycles. The number of aryl methyl sites for hydroxylation is 1. The zero-order valence-corrected chi connectivity index (χ0v) is 17.2. The first-order chi connectivity index (χ1) is 14.2. The van der Waals surface area contributed by atoms with Gasteiger partial charge in [0.15, 0.2) is 11.8 Å². The Morgan fingerprint density at radius 1 is 1.03 bits per heavy atom. The van der Waals surface area contributed by atoms with Gasteiger partial charge in [-0.05, 0) is 48.7 Å². The molecule has 7 heteroatoms. The fourth-order valence-electron chi connectivity index (χ4n) is 2.97. The van der Waals surface area contributed by atoms with Gasteiger partial charge in [0, 0.05) is 12.1 Å². The number of guanidine groups is 1. The standard InChI is InChI=1S/C22H28N6O/c1-4-16-8-6-7-9-18(16)14-24-22(23-5-2)25-15-20-26-21(28-27-20)17-10-12-19(29-3)13-11-17/h6-13H,4-5,14-15H2,1-3H3,(H2,23,24,25)(H,26,27,28). The minimum Gasteiger partial charge on any atom is -0.497 e. The van der Waals surface area contributed by atoms with Gasteiger partial charge in [0.1, 0.15) is 11.6 Å². The predicted molar refractivity (Wildman–Crippen MR) is 116 cm³/mol. The SMILES string of the molecule is CCNC(=NCc1ccccc1CC)NCc1nc(-c2ccc(OC)cc2)n[nH]1. The second kappa shape index (κ2) is 10.3. The van der Waals surface area contributed by atoms with E-state index in [1.54, 1.807) is 7.11 Å². The van der Waals surface area contributed by atoms with Crippen LogP contribution in [0.1, 0.15) is 30.8 Å². The zero-order chi connectivity index (χ0) is 20.5. The largest absolute Gasteiger partial charge is 0.497 e. The number of aromatic amines is 1. The van der Waals surface area contributed by atoms with Crippen molar-refractivity contribution in [2.24, 2.45) is 4.99 Å². The minimum absolute atomic E-state index is 0.504. The summed E-state index contributed by atoms with van der Waals surface area (Å²) in [6.07, 6.45) is 1.00. The molecule has 3 N–H and O–H groups in total. The molecule has 0 radical (unpaired) electrons. The number of benzene rings is 2. The molecule has 0 saturated carbocycles. The Hall–Kier alpha value is -3.35. The van der Waals surface area contributed by atoms with Crippen molar-refractivity contribution in [3.8, 4) is 17.1 Å². The van der Waals surface area contributed by atoms with Gasteiger partial charge < -0.3 is 15.4 Å². The fraction of sp³-hybridized carbons (Fsp3) is 0.318. The van der Waals surface area contributed by atoms with Gasteiger partial charge in [-0.3, -0.25) is 5.10 Å². The molecule has 29 heavy (non-hydrogen) atoms. The third-order valence-corrected chi connectivity index (χ3v) is 4.55. The molecule has 0 amide bonds. The van der Waals surface area contributed by atoms with Gasteiger partial charge in [-0.25, -0.2) is 9.98 Å². The monoisotopic (exact) mass is 392 g/mol. The molecule has 3 rings (SSSR count). The lowest BCUT2D eigenvalue weighted by Gasteiger charge is -2.11. The van der Waals surface area contributed by atoms with E-state index >= 15 is 0 Å². The Bertz CT molecular complexity index is 932. The molecule has 7 nitrogen and oxygen atoms in total. The van der Waals surface area contributed by atoms with Crippen LogP contribution in [0.15, 0.2) is 53.5 Å². The van der Waals surface area contributed by atoms with E-state index in [1.807, 2.05) is 31.2 Å². The van der Waals surface area contributed by atoms with Crippen LogP contribution < -0.4 is 15.4 Å². The molecule has 152 valence electrons. The van der Waals surface area contributed by atoms with Gasteiger partial charge in [-0.2, -0.15) is 5.10 Å². The fourth-order valence-corrected chi connectivity index (χ4v) is 2.97. The Labute approximate surface area is 171 Å². The highest BCUT2D eigenvalue weighted by molar-refractivity contribution is 5.79. The molecule has 2 aromatic carbocycles. The van der Waals surface area contributed by atoms with Crippen molar-refractivity contribution in [1.82, 2.24) is 25.8 Å². The second-order valence-electron chi connectivity index (χ2n) is 6.51. The van der Waals surface area contributed by atoms with Crippen molar-refractivity contribution >= 4 is 5.96 Å². The molecule has 0 unspecified atom stereocenters. The summed E-state index contributed by atoms with van der Waals surface area (Å²) in [6.45, 7) is 6.13. The summed E-state index contributed by atoms with van der Waals surface area (Å²) in [4.78, 5) is 9.27. The topological polar surface area (TPSA) is 87.2 Å². The van der Waals surface area contributed by atoms with Crippen LogP contribution in [0, 0.1) is 0 Å². The smallest absolute Gasteiger partial charge is 0.191 e. The summed E-state index contributed by atoms with van der Waals surface area (Å²) in [7, 11) is 1.65. The van der Waals surface area contributed by atoms with Crippen LogP contribution in [0.25, 0.3) is 11.4 Å². The maximum absolute atomic E-state index is 5.19. The molecule has 0 aliphatic rings. The van der Waals surface area contributed by atoms with E-state index in [9.17, 15) is 0 Å². The normalized spacial score (nSPS) is 11.3. The van der Waals surface area contributed by atoms with Crippen molar-refractivity contribution in [2.45, 2.75) is 33.4 Å². The molecular formula is C22H28N6O. The molecule has 0 fully saturated rings. The van der Waals surface area contributed by atoms with Crippen molar-refractivity contribution in [2.75, 3.05) is 13.7 Å². The van der Waals surface area contributed by atoms with Crippen LogP contribution in [0.5, 0.6) is 5.75 Å². The molecular weight excluding hydrogens is 364 g/mol. The number of aliphatic imine (C=N–C) groups is 1. The molecule has 0 aliphatic heterocycles. The summed E-state index contributed by atoms with van der Waals surface area (Å²) < 4.78 is 5.19. The summed E-state index contributed by atoms with van der Waals surface area (Å²) in [6, 6.07) is 16.1. The van der Waals surface area contributed by atoms with Crippen molar-refractivity contribution in [3.63, 3.8) is 0 Å². The van der Waals surface area contributed by atoms with E-state index in [0.717, 1.165) is 36.1 Å². The highest BCUT2D eigenvalue weighted by atomic mass is 16.5. The van der Waals surface area contributed by atoms with Crippen LogP contribution in [-0.4, -0.2) is 34.8 Å². The number of hydrogen-bond acceptors (Lipinski definition) is 4. The van der Waals surface area contributed by atoms with Crippen molar-refractivity contribution in [1.29, 1.82) is 0 Å². The number of hydrogen-bond donors (Lipinski definition) is 3. The third kappa shape index (κ3) is 5.57. The average molecular weight is 393 g/mol. The highest BCUT2D eigenvalue weighted by Crippen LogP contribution is 2.18. The highest BCUT2D eigenvalue weighted by Gasteiger charge is 2.07. The Morgan fingerprint density at radius 2 is 1.79 bits per heavy atom. The summed E-state index contributed by atoms with van der Waals surface area (Å²) in [5, 5.41) is 13.9. The first-order valence-electron chi connectivity index (χ1n) is 9.88. The molecule has 1 aromatic heterocycles. The molecule has 3 aromatic rings. The molecule has 0 bridgehead atoms. The van der Waals surface area contributed by atoms with E-state index in [2.05, 4.69) is 57.0 Å². The molecule has 0 spiro atoms. The zero-order valence-electron chi connectivity index (χ0n) is 17.2. The lowest BCUT2D eigenvalue weighted by atomic mass is 10.1. The van der Waals surface area contributed by atoms with Gasteiger partial charge in [0.25, 0.3) is 0 Å². The average Bonchev–Trinajstić information content (AvgIpc) is 3.25. The van der Waals surface area contributed by atoms with Gasteiger partial charge in [0.2, 0.25) is 0 Å². The van der Waals surface area contributed by atoms with E-state index in [4.69, 9.17) is 9.73 Å². The van der Waals surface area contributed by atoms with Crippen LogP contribution in [0.2, 0.25) is 0 Å². The number of rotatable bonds is 8. The summed E-state index contributed by atoms with van der Waals surface area (Å²) in [5.74, 6) is 2.96. The van der Waals surface area contributed by atoms with E-state index in [0.29, 0.717) is 18.9 Å². The number of H-pyrrole nitrogens is 1. The first kappa shape index (κ1) is 20.4. The number of nitrogens with zero attached hydrogens (tertiary/aromatic N) is 3. The first-order valence-corrected chi connectivity index (χ1v) is 9.88. The maximum atomic E-state index is 5.19. The summed E-state index contributed by atoms with van der Waals surface area (Å²) in [5.41, 5.74) is 3.50. The third-order valence-electron chi connectivity index (χ3n) is 4.55. The molecule has 0 aliphatic carbocycles. The quantitative estimate of drug-likeness (QED) is 0.404. The van der Waals surface area contributed by atoms with Gasteiger partial charge in [-0.1, -0.05) is 31.2 Å². The Kier molecular flexibility index (Phi) is 7.22. The second-order valence-corrected chi connectivity index (χ2v) is 6.51. The Morgan fingerprint density at radius 3 is 2.48 bits per heavy atom. The lowest BCUT2D eigenvalue weighted by molar-refractivity contribution is 0.415. The predicted octanol–water partition coefficient (Wildman–Crippen LogP) is 3.30. The van der Waals surface area contributed by atoms with E-state index in [1.165, 1.54) is 11.1 Å². The minimum atomic E-state index is 0.504. The molecule has 0 atom stereocenters. The van der Waals surface area contributed by atoms with Gasteiger partial charge in [-0.15, -0.1) is 0 Å². The number of nitrogens with one attached hydrogen (secondary N) is 3. The Balaban J connectivity index is 1.63.